The van der Waals surface area contributed by atoms with E-state index in [-0.39, 0.29) is 12.0 Å². The molecule has 1 aliphatic carbocycles. The van der Waals surface area contributed by atoms with Gasteiger partial charge in [0.15, 0.2) is 0 Å². The van der Waals surface area contributed by atoms with E-state index in [1.54, 1.807) is 11.4 Å². The summed E-state index contributed by atoms with van der Waals surface area (Å²) in [4.78, 5) is 0. The second-order valence-corrected chi connectivity index (χ2v) is 9.77. The summed E-state index contributed by atoms with van der Waals surface area (Å²) in [5.74, 6) is 0.876. The van der Waals surface area contributed by atoms with E-state index >= 15 is 0 Å². The summed E-state index contributed by atoms with van der Waals surface area (Å²) in [5, 5.41) is 9.95. The molecule has 1 atom stereocenters. The van der Waals surface area contributed by atoms with Crippen LogP contribution >= 0.6 is 0 Å². The van der Waals surface area contributed by atoms with Gasteiger partial charge < -0.3 is 5.11 Å². The van der Waals surface area contributed by atoms with Crippen LogP contribution in [0.3, 0.4) is 0 Å². The molecule has 1 unspecified atom stereocenters. The highest BCUT2D eigenvalue weighted by atomic mass is 32.2. The van der Waals surface area contributed by atoms with Crippen molar-refractivity contribution in [3.63, 3.8) is 0 Å². The lowest BCUT2D eigenvalue weighted by atomic mass is 9.76. The van der Waals surface area contributed by atoms with Crippen molar-refractivity contribution >= 4 is 10.2 Å². The highest BCUT2D eigenvalue weighted by Crippen LogP contribution is 2.36. The van der Waals surface area contributed by atoms with Crippen molar-refractivity contribution < 1.29 is 13.5 Å². The lowest BCUT2D eigenvalue weighted by Crippen LogP contribution is -2.48. The predicted molar refractivity (Wildman–Crippen MR) is 84.0 cm³/mol. The molecule has 1 heterocycles. The molecule has 0 spiro atoms. The van der Waals surface area contributed by atoms with Crippen LogP contribution in [0.15, 0.2) is 0 Å². The zero-order valence-electron chi connectivity index (χ0n) is 13.7. The van der Waals surface area contributed by atoms with E-state index in [2.05, 4.69) is 20.8 Å². The Morgan fingerprint density at radius 1 is 1.19 bits per heavy atom. The molecule has 2 aliphatic rings. The maximum atomic E-state index is 12.6. The average molecular weight is 318 g/mol. The molecule has 6 heteroatoms. The molecule has 1 aliphatic heterocycles. The summed E-state index contributed by atoms with van der Waals surface area (Å²) in [5.41, 5.74) is 0.240. The number of piperidine rings is 1. The monoisotopic (exact) mass is 318 g/mol. The number of rotatable bonds is 5. The van der Waals surface area contributed by atoms with Crippen LogP contribution in [0.25, 0.3) is 0 Å². The van der Waals surface area contributed by atoms with Gasteiger partial charge in [-0.3, -0.25) is 0 Å². The summed E-state index contributed by atoms with van der Waals surface area (Å²) < 4.78 is 28.0. The fourth-order valence-corrected chi connectivity index (χ4v) is 4.54. The Labute approximate surface area is 129 Å². The fourth-order valence-electron chi connectivity index (χ4n) is 3.14. The van der Waals surface area contributed by atoms with Gasteiger partial charge in [-0.2, -0.15) is 17.0 Å². The Balaban J connectivity index is 1.91. The zero-order chi connectivity index (χ0) is 15.8. The van der Waals surface area contributed by atoms with Gasteiger partial charge in [0.2, 0.25) is 0 Å². The number of aliphatic hydroxyl groups is 1. The van der Waals surface area contributed by atoms with Gasteiger partial charge in [-0.1, -0.05) is 20.8 Å². The van der Waals surface area contributed by atoms with Crippen molar-refractivity contribution in [2.45, 2.75) is 52.6 Å². The Kier molecular flexibility index (Phi) is 5.03. The topological polar surface area (TPSA) is 60.9 Å². The molecule has 0 bridgehead atoms. The number of hydrogen-bond acceptors (Lipinski definition) is 3. The SMILES string of the molecule is CN(CC(O)C1CC1)S(=O)(=O)N1CCC(C(C)(C)C)CC1. The molecule has 1 saturated heterocycles. The first-order valence-electron chi connectivity index (χ1n) is 8.02. The second kappa shape index (κ2) is 6.14. The van der Waals surface area contributed by atoms with Crippen LogP contribution in [-0.4, -0.2) is 54.9 Å². The van der Waals surface area contributed by atoms with Crippen molar-refractivity contribution in [3.8, 4) is 0 Å². The Bertz CT molecular complexity index is 446. The van der Waals surface area contributed by atoms with Crippen molar-refractivity contribution in [3.05, 3.63) is 0 Å². The minimum Gasteiger partial charge on any atom is -0.391 e. The van der Waals surface area contributed by atoms with E-state index in [9.17, 15) is 13.5 Å². The standard InChI is InChI=1S/C15H30N2O3S/c1-15(2,3)13-7-9-17(10-8-13)21(19,20)16(4)11-14(18)12-5-6-12/h12-14,18H,5-11H2,1-4H3. The quantitative estimate of drug-likeness (QED) is 0.839. The summed E-state index contributed by atoms with van der Waals surface area (Å²) in [6, 6.07) is 0. The van der Waals surface area contributed by atoms with Crippen molar-refractivity contribution in [1.29, 1.82) is 0 Å². The van der Waals surface area contributed by atoms with Gasteiger partial charge in [0.25, 0.3) is 10.2 Å². The number of hydrogen-bond donors (Lipinski definition) is 1. The third-order valence-electron chi connectivity index (χ3n) is 5.01. The normalized spacial score (nSPS) is 24.5. The summed E-state index contributed by atoms with van der Waals surface area (Å²) >= 11 is 0. The third kappa shape index (κ3) is 4.18. The van der Waals surface area contributed by atoms with Crippen LogP contribution in [0.5, 0.6) is 0 Å². The van der Waals surface area contributed by atoms with Crippen LogP contribution in [-0.2, 0) is 10.2 Å². The minimum atomic E-state index is -3.43. The summed E-state index contributed by atoms with van der Waals surface area (Å²) in [7, 11) is -1.84. The van der Waals surface area contributed by atoms with Gasteiger partial charge in [0.1, 0.15) is 0 Å². The van der Waals surface area contributed by atoms with Crippen LogP contribution < -0.4 is 0 Å². The molecule has 2 fully saturated rings. The summed E-state index contributed by atoms with van der Waals surface area (Å²) in [6.45, 7) is 8.06. The molecular weight excluding hydrogens is 288 g/mol. The molecule has 0 aromatic heterocycles. The van der Waals surface area contributed by atoms with E-state index in [4.69, 9.17) is 0 Å². The molecule has 124 valence electrons. The predicted octanol–water partition coefficient (Wildman–Crippen LogP) is 1.69. The van der Waals surface area contributed by atoms with Gasteiger partial charge >= 0.3 is 0 Å². The molecule has 1 saturated carbocycles. The van der Waals surface area contributed by atoms with Gasteiger partial charge in [-0.15, -0.1) is 0 Å². The lowest BCUT2D eigenvalue weighted by molar-refractivity contribution is 0.123. The minimum absolute atomic E-state index is 0.214. The van der Waals surface area contributed by atoms with Gasteiger partial charge in [-0.05, 0) is 42.9 Å². The van der Waals surface area contributed by atoms with Crippen LogP contribution in [0.1, 0.15) is 46.5 Å². The van der Waals surface area contributed by atoms with Crippen LogP contribution in [0.4, 0.5) is 0 Å². The van der Waals surface area contributed by atoms with E-state index in [0.717, 1.165) is 25.7 Å². The number of nitrogens with zero attached hydrogens (tertiary/aromatic N) is 2. The first-order valence-corrected chi connectivity index (χ1v) is 9.41. The molecule has 21 heavy (non-hydrogen) atoms. The fraction of sp³-hybridized carbons (Fsp3) is 1.00. The smallest absolute Gasteiger partial charge is 0.281 e. The lowest BCUT2D eigenvalue weighted by Gasteiger charge is -2.39. The van der Waals surface area contributed by atoms with E-state index in [1.807, 2.05) is 0 Å². The molecular formula is C15H30N2O3S. The zero-order valence-corrected chi connectivity index (χ0v) is 14.6. The highest BCUT2D eigenvalue weighted by molar-refractivity contribution is 7.86. The average Bonchev–Trinajstić information content (AvgIpc) is 3.22. The molecule has 1 N–H and O–H groups in total. The van der Waals surface area contributed by atoms with Crippen LogP contribution in [0.2, 0.25) is 0 Å². The number of likely N-dealkylation sites (N-methyl/N-ethyl adjacent to an activating group) is 1. The van der Waals surface area contributed by atoms with E-state index < -0.39 is 16.3 Å². The van der Waals surface area contributed by atoms with Crippen molar-refractivity contribution in [2.75, 3.05) is 26.7 Å². The first kappa shape index (κ1) is 17.2. The van der Waals surface area contributed by atoms with Crippen molar-refractivity contribution in [2.24, 2.45) is 17.3 Å². The van der Waals surface area contributed by atoms with Gasteiger partial charge in [-0.25, -0.2) is 0 Å². The molecule has 2 rings (SSSR count). The molecule has 0 aromatic carbocycles. The van der Waals surface area contributed by atoms with Crippen molar-refractivity contribution in [1.82, 2.24) is 8.61 Å². The maximum Gasteiger partial charge on any atom is 0.281 e. The van der Waals surface area contributed by atoms with Crippen LogP contribution in [0, 0.1) is 17.3 Å². The Morgan fingerprint density at radius 3 is 2.14 bits per heavy atom. The number of aliphatic hydroxyl groups excluding tert-OH is 1. The molecule has 0 aromatic rings. The Morgan fingerprint density at radius 2 is 1.71 bits per heavy atom. The third-order valence-corrected chi connectivity index (χ3v) is 6.96. The second-order valence-electron chi connectivity index (χ2n) is 7.73. The summed E-state index contributed by atoms with van der Waals surface area (Å²) in [6.07, 6.45) is 3.36. The maximum absolute atomic E-state index is 12.6. The molecule has 5 nitrogen and oxygen atoms in total. The van der Waals surface area contributed by atoms with Gasteiger partial charge in [0, 0.05) is 26.7 Å². The molecule has 0 amide bonds. The highest BCUT2D eigenvalue weighted by Gasteiger charge is 2.37. The van der Waals surface area contributed by atoms with E-state index in [0.29, 0.717) is 24.9 Å². The Hall–Kier alpha value is -0.170. The van der Waals surface area contributed by atoms with E-state index in [1.165, 1.54) is 4.31 Å². The largest absolute Gasteiger partial charge is 0.391 e. The first-order chi connectivity index (χ1) is 9.62. The van der Waals surface area contributed by atoms with Gasteiger partial charge in [0.05, 0.1) is 6.10 Å². The molecule has 0 radical (unpaired) electrons.